The standard InChI is InChI=1S/C17H19ClN2O/c1-20(2)17(21)15-12-14(8-9-16(15)18)19-11-10-13-6-4-3-5-7-13/h3-9,12,19H,10-11H2,1-2H3. The fraction of sp³-hybridized carbons (Fsp3) is 0.235. The highest BCUT2D eigenvalue weighted by molar-refractivity contribution is 6.34. The molecule has 3 nitrogen and oxygen atoms in total. The number of rotatable bonds is 5. The number of nitrogens with one attached hydrogen (secondary N) is 1. The van der Waals surface area contributed by atoms with E-state index in [2.05, 4.69) is 17.4 Å². The molecule has 0 saturated heterocycles. The van der Waals surface area contributed by atoms with Gasteiger partial charge in [0.05, 0.1) is 10.6 Å². The number of hydrogen-bond donors (Lipinski definition) is 1. The predicted octanol–water partition coefficient (Wildman–Crippen LogP) is 3.70. The van der Waals surface area contributed by atoms with Crippen LogP contribution in [-0.2, 0) is 6.42 Å². The van der Waals surface area contributed by atoms with E-state index in [1.807, 2.05) is 24.3 Å². The summed E-state index contributed by atoms with van der Waals surface area (Å²) in [6.07, 6.45) is 0.931. The van der Waals surface area contributed by atoms with Gasteiger partial charge in [-0.2, -0.15) is 0 Å². The number of amides is 1. The third-order valence-electron chi connectivity index (χ3n) is 3.19. The van der Waals surface area contributed by atoms with E-state index in [1.165, 1.54) is 10.5 Å². The fourth-order valence-electron chi connectivity index (χ4n) is 2.04. The molecule has 0 saturated carbocycles. The van der Waals surface area contributed by atoms with Crippen LogP contribution < -0.4 is 5.32 Å². The molecule has 0 aliphatic carbocycles. The molecular weight excluding hydrogens is 284 g/mol. The zero-order chi connectivity index (χ0) is 15.2. The van der Waals surface area contributed by atoms with Gasteiger partial charge in [0.25, 0.3) is 5.91 Å². The number of halogens is 1. The zero-order valence-electron chi connectivity index (χ0n) is 12.3. The first-order valence-corrected chi connectivity index (χ1v) is 7.24. The second-order valence-corrected chi connectivity index (χ2v) is 5.46. The molecule has 1 N–H and O–H groups in total. The van der Waals surface area contributed by atoms with E-state index in [4.69, 9.17) is 11.6 Å². The summed E-state index contributed by atoms with van der Waals surface area (Å²) in [7, 11) is 3.43. The Labute approximate surface area is 130 Å². The minimum atomic E-state index is -0.0910. The van der Waals surface area contributed by atoms with Crippen molar-refractivity contribution < 1.29 is 4.79 Å². The van der Waals surface area contributed by atoms with Crippen LogP contribution in [0.2, 0.25) is 5.02 Å². The molecule has 0 heterocycles. The average Bonchev–Trinajstić information content (AvgIpc) is 2.49. The Morgan fingerprint density at radius 1 is 1.14 bits per heavy atom. The Balaban J connectivity index is 2.01. The molecule has 0 aromatic heterocycles. The summed E-state index contributed by atoms with van der Waals surface area (Å²) in [5, 5.41) is 3.80. The van der Waals surface area contributed by atoms with Gasteiger partial charge < -0.3 is 10.2 Å². The molecule has 0 spiro atoms. The molecule has 0 fully saturated rings. The molecular formula is C17H19ClN2O. The molecule has 4 heteroatoms. The zero-order valence-corrected chi connectivity index (χ0v) is 13.0. The van der Waals surface area contributed by atoms with E-state index >= 15 is 0 Å². The predicted molar refractivity (Wildman–Crippen MR) is 88.1 cm³/mol. The number of hydrogen-bond acceptors (Lipinski definition) is 2. The van der Waals surface area contributed by atoms with Crippen molar-refractivity contribution in [3.05, 3.63) is 64.7 Å². The Kier molecular flexibility index (Phi) is 5.23. The molecule has 2 aromatic rings. The van der Waals surface area contributed by atoms with Crippen molar-refractivity contribution >= 4 is 23.2 Å². The van der Waals surface area contributed by atoms with Gasteiger partial charge in [-0.3, -0.25) is 4.79 Å². The number of benzene rings is 2. The van der Waals surface area contributed by atoms with E-state index in [0.717, 1.165) is 18.7 Å². The van der Waals surface area contributed by atoms with Crippen molar-refractivity contribution in [2.75, 3.05) is 26.0 Å². The molecule has 0 bridgehead atoms. The second kappa shape index (κ2) is 7.14. The first-order chi connectivity index (χ1) is 10.1. The smallest absolute Gasteiger partial charge is 0.254 e. The van der Waals surface area contributed by atoms with Crippen LogP contribution in [0.1, 0.15) is 15.9 Å². The number of carbonyl (C=O) groups is 1. The highest BCUT2D eigenvalue weighted by Crippen LogP contribution is 2.21. The second-order valence-electron chi connectivity index (χ2n) is 5.06. The lowest BCUT2D eigenvalue weighted by Crippen LogP contribution is -2.22. The topological polar surface area (TPSA) is 32.3 Å². The molecule has 2 aromatic carbocycles. The SMILES string of the molecule is CN(C)C(=O)c1cc(NCCc2ccccc2)ccc1Cl. The maximum atomic E-state index is 12.0. The summed E-state index contributed by atoms with van der Waals surface area (Å²) < 4.78 is 0. The van der Waals surface area contributed by atoms with Crippen LogP contribution in [0.15, 0.2) is 48.5 Å². The van der Waals surface area contributed by atoms with Gasteiger partial charge in [0.15, 0.2) is 0 Å². The summed E-state index contributed by atoms with van der Waals surface area (Å²) >= 11 is 6.09. The van der Waals surface area contributed by atoms with E-state index in [0.29, 0.717) is 10.6 Å². The minimum Gasteiger partial charge on any atom is -0.385 e. The largest absolute Gasteiger partial charge is 0.385 e. The number of carbonyl (C=O) groups excluding carboxylic acids is 1. The van der Waals surface area contributed by atoms with Gasteiger partial charge in [-0.25, -0.2) is 0 Å². The molecule has 1 amide bonds. The molecule has 0 aliphatic heterocycles. The van der Waals surface area contributed by atoms with Gasteiger partial charge in [0.1, 0.15) is 0 Å². The lowest BCUT2D eigenvalue weighted by molar-refractivity contribution is 0.0828. The van der Waals surface area contributed by atoms with E-state index in [9.17, 15) is 4.79 Å². The molecule has 0 aliphatic rings. The van der Waals surface area contributed by atoms with E-state index < -0.39 is 0 Å². The van der Waals surface area contributed by atoms with Crippen molar-refractivity contribution in [2.45, 2.75) is 6.42 Å². The Morgan fingerprint density at radius 2 is 1.86 bits per heavy atom. The van der Waals surface area contributed by atoms with Crippen LogP contribution in [-0.4, -0.2) is 31.4 Å². The summed E-state index contributed by atoms with van der Waals surface area (Å²) in [6, 6.07) is 15.7. The normalized spacial score (nSPS) is 10.2. The quantitative estimate of drug-likeness (QED) is 0.913. The third kappa shape index (κ3) is 4.23. The van der Waals surface area contributed by atoms with Crippen LogP contribution >= 0.6 is 11.6 Å². The summed E-state index contributed by atoms with van der Waals surface area (Å²) in [6.45, 7) is 0.807. The van der Waals surface area contributed by atoms with Crippen molar-refractivity contribution in [3.63, 3.8) is 0 Å². The highest BCUT2D eigenvalue weighted by Gasteiger charge is 2.12. The Hall–Kier alpha value is -2.00. The first kappa shape index (κ1) is 15.4. The van der Waals surface area contributed by atoms with Gasteiger partial charge in [-0.05, 0) is 30.2 Å². The lowest BCUT2D eigenvalue weighted by Gasteiger charge is -2.13. The average molecular weight is 303 g/mol. The maximum absolute atomic E-state index is 12.0. The van der Waals surface area contributed by atoms with Crippen LogP contribution in [0.5, 0.6) is 0 Å². The van der Waals surface area contributed by atoms with Gasteiger partial charge >= 0.3 is 0 Å². The number of anilines is 1. The van der Waals surface area contributed by atoms with Gasteiger partial charge in [-0.15, -0.1) is 0 Å². The van der Waals surface area contributed by atoms with Crippen molar-refractivity contribution in [1.29, 1.82) is 0 Å². The van der Waals surface area contributed by atoms with Crippen molar-refractivity contribution in [1.82, 2.24) is 4.90 Å². The fourth-order valence-corrected chi connectivity index (χ4v) is 2.23. The maximum Gasteiger partial charge on any atom is 0.254 e. The Morgan fingerprint density at radius 3 is 2.52 bits per heavy atom. The van der Waals surface area contributed by atoms with Crippen LogP contribution in [0.4, 0.5) is 5.69 Å². The molecule has 110 valence electrons. The van der Waals surface area contributed by atoms with E-state index in [-0.39, 0.29) is 5.91 Å². The molecule has 2 rings (SSSR count). The van der Waals surface area contributed by atoms with Crippen molar-refractivity contribution in [2.24, 2.45) is 0 Å². The molecule has 0 unspecified atom stereocenters. The first-order valence-electron chi connectivity index (χ1n) is 6.87. The van der Waals surface area contributed by atoms with Crippen LogP contribution in [0.25, 0.3) is 0 Å². The Bertz CT molecular complexity index is 611. The number of nitrogens with zero attached hydrogens (tertiary/aromatic N) is 1. The van der Waals surface area contributed by atoms with Crippen LogP contribution in [0, 0.1) is 0 Å². The highest BCUT2D eigenvalue weighted by atomic mass is 35.5. The third-order valence-corrected chi connectivity index (χ3v) is 3.52. The van der Waals surface area contributed by atoms with Crippen LogP contribution in [0.3, 0.4) is 0 Å². The summed E-state index contributed by atoms with van der Waals surface area (Å²) in [5.74, 6) is -0.0910. The van der Waals surface area contributed by atoms with E-state index in [1.54, 1.807) is 26.2 Å². The van der Waals surface area contributed by atoms with Crippen molar-refractivity contribution in [3.8, 4) is 0 Å². The summed E-state index contributed by atoms with van der Waals surface area (Å²) in [5.41, 5.74) is 2.70. The summed E-state index contributed by atoms with van der Waals surface area (Å²) in [4.78, 5) is 13.5. The molecule has 0 atom stereocenters. The minimum absolute atomic E-state index is 0.0910. The molecule has 21 heavy (non-hydrogen) atoms. The van der Waals surface area contributed by atoms with Gasteiger partial charge in [-0.1, -0.05) is 41.9 Å². The monoisotopic (exact) mass is 302 g/mol. The van der Waals surface area contributed by atoms with Gasteiger partial charge in [0.2, 0.25) is 0 Å². The lowest BCUT2D eigenvalue weighted by atomic mass is 10.1. The molecule has 0 radical (unpaired) electrons. The van der Waals surface area contributed by atoms with Gasteiger partial charge in [0, 0.05) is 26.3 Å².